The third kappa shape index (κ3) is 3.05. The third-order valence-corrected chi connectivity index (χ3v) is 5.30. The number of rotatable bonds is 3. The molecule has 0 bridgehead atoms. The van der Waals surface area contributed by atoms with Crippen molar-refractivity contribution >= 4 is 35.0 Å². The van der Waals surface area contributed by atoms with Crippen molar-refractivity contribution in [2.75, 3.05) is 11.6 Å². The molecule has 0 unspecified atom stereocenters. The minimum atomic E-state index is -0.235. The van der Waals surface area contributed by atoms with Crippen LogP contribution >= 0.6 is 11.6 Å². The monoisotopic (exact) mass is 348 g/mol. The van der Waals surface area contributed by atoms with Gasteiger partial charge in [0.25, 0.3) is 0 Å². The van der Waals surface area contributed by atoms with Gasteiger partial charge in [-0.15, -0.1) is 0 Å². The number of imide groups is 1. The second kappa shape index (κ2) is 6.55. The van der Waals surface area contributed by atoms with Gasteiger partial charge < -0.3 is 0 Å². The summed E-state index contributed by atoms with van der Waals surface area (Å²) in [6.45, 7) is 3.49. The zero-order valence-corrected chi connectivity index (χ0v) is 14.6. The maximum Gasteiger partial charge on any atom is 0.234 e. The van der Waals surface area contributed by atoms with E-state index in [4.69, 9.17) is 11.6 Å². The Hall–Kier alpha value is -1.88. The number of anilines is 1. The SMILES string of the molecule is CC(=O)N(CN1C(=O)[C@H]2C[C@@H](C)CC[C@H]2C1=O)c1cccc(Cl)c1. The van der Waals surface area contributed by atoms with Crippen LogP contribution in [0.4, 0.5) is 5.69 Å². The summed E-state index contributed by atoms with van der Waals surface area (Å²) in [6.07, 6.45) is 2.48. The molecule has 3 atom stereocenters. The first kappa shape index (κ1) is 17.0. The molecule has 128 valence electrons. The van der Waals surface area contributed by atoms with Crippen molar-refractivity contribution in [3.63, 3.8) is 0 Å². The van der Waals surface area contributed by atoms with Gasteiger partial charge in [0, 0.05) is 17.6 Å². The van der Waals surface area contributed by atoms with Gasteiger partial charge in [0.2, 0.25) is 17.7 Å². The van der Waals surface area contributed by atoms with E-state index in [-0.39, 0.29) is 36.2 Å². The Kier molecular flexibility index (Phi) is 4.63. The molecule has 6 heteroatoms. The maximum absolute atomic E-state index is 12.7. The maximum atomic E-state index is 12.7. The lowest BCUT2D eigenvalue weighted by molar-refractivity contribution is -0.140. The molecule has 1 heterocycles. The van der Waals surface area contributed by atoms with E-state index in [0.29, 0.717) is 16.6 Å². The van der Waals surface area contributed by atoms with Crippen LogP contribution in [0.25, 0.3) is 0 Å². The van der Waals surface area contributed by atoms with Crippen molar-refractivity contribution in [2.45, 2.75) is 33.1 Å². The first-order valence-corrected chi connectivity index (χ1v) is 8.65. The highest BCUT2D eigenvalue weighted by atomic mass is 35.5. The fourth-order valence-corrected chi connectivity index (χ4v) is 3.93. The van der Waals surface area contributed by atoms with Gasteiger partial charge >= 0.3 is 0 Å². The van der Waals surface area contributed by atoms with Crippen LogP contribution in [0, 0.1) is 17.8 Å². The Labute approximate surface area is 146 Å². The van der Waals surface area contributed by atoms with Crippen LogP contribution in [-0.2, 0) is 14.4 Å². The molecule has 1 aromatic carbocycles. The number of fused-ring (bicyclic) bond motifs is 1. The molecule has 1 saturated heterocycles. The predicted octanol–water partition coefficient (Wildman–Crippen LogP) is 3.07. The van der Waals surface area contributed by atoms with Crippen LogP contribution in [0.1, 0.15) is 33.1 Å². The molecule has 1 aromatic rings. The first-order valence-electron chi connectivity index (χ1n) is 8.27. The van der Waals surface area contributed by atoms with Gasteiger partial charge in [-0.05, 0) is 43.4 Å². The third-order valence-electron chi connectivity index (χ3n) is 5.06. The first-order chi connectivity index (χ1) is 11.4. The van der Waals surface area contributed by atoms with Crippen molar-refractivity contribution in [3.05, 3.63) is 29.3 Å². The van der Waals surface area contributed by atoms with E-state index in [9.17, 15) is 14.4 Å². The Morgan fingerprint density at radius 1 is 1.25 bits per heavy atom. The van der Waals surface area contributed by atoms with Crippen molar-refractivity contribution < 1.29 is 14.4 Å². The number of carbonyl (C=O) groups is 3. The number of nitrogens with zero attached hydrogens (tertiary/aromatic N) is 2. The van der Waals surface area contributed by atoms with Crippen LogP contribution in [0.15, 0.2) is 24.3 Å². The highest BCUT2D eigenvalue weighted by Gasteiger charge is 2.49. The summed E-state index contributed by atoms with van der Waals surface area (Å²) < 4.78 is 0. The molecule has 3 amide bonds. The molecular weight excluding hydrogens is 328 g/mol. The molecule has 1 aliphatic carbocycles. The molecule has 0 radical (unpaired) electrons. The Balaban J connectivity index is 1.84. The van der Waals surface area contributed by atoms with Crippen molar-refractivity contribution in [3.8, 4) is 0 Å². The summed E-state index contributed by atoms with van der Waals surface area (Å²) >= 11 is 6.00. The van der Waals surface area contributed by atoms with Crippen LogP contribution in [0.5, 0.6) is 0 Å². The quantitative estimate of drug-likeness (QED) is 0.789. The van der Waals surface area contributed by atoms with Gasteiger partial charge in [0.1, 0.15) is 6.67 Å². The van der Waals surface area contributed by atoms with Gasteiger partial charge in [-0.1, -0.05) is 24.6 Å². The van der Waals surface area contributed by atoms with E-state index >= 15 is 0 Å². The van der Waals surface area contributed by atoms with E-state index in [0.717, 1.165) is 19.3 Å². The number of hydrogen-bond acceptors (Lipinski definition) is 3. The minimum Gasteiger partial charge on any atom is -0.294 e. The number of benzene rings is 1. The average molecular weight is 349 g/mol. The molecule has 24 heavy (non-hydrogen) atoms. The second-order valence-corrected chi connectivity index (χ2v) is 7.24. The molecule has 0 N–H and O–H groups in total. The van der Waals surface area contributed by atoms with Crippen LogP contribution in [0.3, 0.4) is 0 Å². The van der Waals surface area contributed by atoms with Gasteiger partial charge in [0.05, 0.1) is 11.8 Å². The van der Waals surface area contributed by atoms with Gasteiger partial charge in [-0.3, -0.25) is 24.2 Å². The van der Waals surface area contributed by atoms with Crippen molar-refractivity contribution in [1.82, 2.24) is 4.90 Å². The van der Waals surface area contributed by atoms with E-state index < -0.39 is 0 Å². The number of carbonyl (C=O) groups excluding carboxylic acids is 3. The van der Waals surface area contributed by atoms with Crippen molar-refractivity contribution in [2.24, 2.45) is 17.8 Å². The average Bonchev–Trinajstić information content (AvgIpc) is 2.76. The largest absolute Gasteiger partial charge is 0.294 e. The zero-order valence-electron chi connectivity index (χ0n) is 13.9. The molecule has 1 aliphatic heterocycles. The molecule has 5 nitrogen and oxygen atoms in total. The van der Waals surface area contributed by atoms with E-state index in [1.54, 1.807) is 24.3 Å². The molecule has 0 aromatic heterocycles. The van der Waals surface area contributed by atoms with Crippen LogP contribution in [0.2, 0.25) is 5.02 Å². The molecular formula is C18H21ClN2O3. The van der Waals surface area contributed by atoms with Gasteiger partial charge in [-0.2, -0.15) is 0 Å². The summed E-state index contributed by atoms with van der Waals surface area (Å²) in [7, 11) is 0. The summed E-state index contributed by atoms with van der Waals surface area (Å²) in [6, 6.07) is 6.85. The summed E-state index contributed by atoms with van der Waals surface area (Å²) in [5, 5.41) is 0.500. The summed E-state index contributed by atoms with van der Waals surface area (Å²) in [4.78, 5) is 40.1. The fraction of sp³-hybridized carbons (Fsp3) is 0.500. The predicted molar refractivity (Wildman–Crippen MR) is 91.3 cm³/mol. The minimum absolute atomic E-state index is 0.0469. The molecule has 0 spiro atoms. The van der Waals surface area contributed by atoms with Crippen molar-refractivity contribution in [1.29, 1.82) is 0 Å². The number of hydrogen-bond donors (Lipinski definition) is 0. The molecule has 2 aliphatic rings. The van der Waals surface area contributed by atoms with Crippen LogP contribution < -0.4 is 4.90 Å². The molecule has 1 saturated carbocycles. The van der Waals surface area contributed by atoms with E-state index in [1.807, 2.05) is 0 Å². The standard InChI is InChI=1S/C18H21ClN2O3/c1-11-6-7-15-16(8-11)18(24)21(17(15)23)10-20(12(2)22)14-5-3-4-13(19)9-14/h3-5,9,11,15-16H,6-8,10H2,1-2H3/t11-,15+,16-/m0/s1. The Morgan fingerprint density at radius 2 is 1.96 bits per heavy atom. The van der Waals surface area contributed by atoms with Gasteiger partial charge in [-0.25, -0.2) is 0 Å². The molecule has 3 rings (SSSR count). The highest BCUT2D eigenvalue weighted by Crippen LogP contribution is 2.40. The normalized spacial score (nSPS) is 26.5. The zero-order chi connectivity index (χ0) is 17.4. The fourth-order valence-electron chi connectivity index (χ4n) is 3.75. The highest BCUT2D eigenvalue weighted by molar-refractivity contribution is 6.30. The number of amides is 3. The smallest absolute Gasteiger partial charge is 0.234 e. The van der Waals surface area contributed by atoms with Crippen LogP contribution in [-0.4, -0.2) is 29.3 Å². The lowest BCUT2D eigenvalue weighted by atomic mass is 9.76. The topological polar surface area (TPSA) is 57.7 Å². The van der Waals surface area contributed by atoms with E-state index in [1.165, 1.54) is 16.7 Å². The van der Waals surface area contributed by atoms with Gasteiger partial charge in [0.15, 0.2) is 0 Å². The Morgan fingerprint density at radius 3 is 2.62 bits per heavy atom. The summed E-state index contributed by atoms with van der Waals surface area (Å²) in [5.74, 6) is -0.521. The lowest BCUT2D eigenvalue weighted by Crippen LogP contribution is -2.44. The summed E-state index contributed by atoms with van der Waals surface area (Å²) in [5.41, 5.74) is 0.582. The number of halogens is 1. The second-order valence-electron chi connectivity index (χ2n) is 6.80. The Bertz CT molecular complexity index is 691. The molecule has 2 fully saturated rings. The lowest BCUT2D eigenvalue weighted by Gasteiger charge is -2.26. The number of likely N-dealkylation sites (tertiary alicyclic amines) is 1. The van der Waals surface area contributed by atoms with E-state index in [2.05, 4.69) is 6.92 Å².